The van der Waals surface area contributed by atoms with Crippen LogP contribution in [0, 0.1) is 43.6 Å². The van der Waals surface area contributed by atoms with Gasteiger partial charge in [0.15, 0.2) is 0 Å². The van der Waals surface area contributed by atoms with Crippen LogP contribution in [-0.2, 0) is 6.42 Å². The van der Waals surface area contributed by atoms with E-state index in [1.54, 1.807) is 5.56 Å². The maximum Gasteiger partial charge on any atom is 1.00 e. The van der Waals surface area contributed by atoms with Gasteiger partial charge in [-0.2, -0.15) is 34.9 Å². The quantitative estimate of drug-likeness (QED) is 0.704. The Morgan fingerprint density at radius 2 is 1.48 bits per heavy atom. The summed E-state index contributed by atoms with van der Waals surface area (Å²) in [5.74, 6) is 4.04. The van der Waals surface area contributed by atoms with E-state index >= 15 is 0 Å². The third-order valence-corrected chi connectivity index (χ3v) is 6.76. The van der Waals surface area contributed by atoms with Crippen molar-refractivity contribution < 1.29 is 58.2 Å². The second-order valence-electron chi connectivity index (χ2n) is 8.26. The predicted octanol–water partition coefficient (Wildman–Crippen LogP) is 3.28. The molecule has 0 unspecified atom stereocenters. The molecule has 2 saturated carbocycles. The Hall–Kier alpha value is 1.03. The van der Waals surface area contributed by atoms with E-state index in [1.807, 2.05) is 0 Å². The van der Waals surface area contributed by atoms with E-state index in [4.69, 9.17) is 0 Å². The van der Waals surface area contributed by atoms with Crippen LogP contribution in [0.4, 0.5) is 0 Å². The van der Waals surface area contributed by atoms with Crippen molar-refractivity contribution >= 4 is 0 Å². The van der Waals surface area contributed by atoms with E-state index in [0.717, 1.165) is 23.7 Å². The zero-order valence-electron chi connectivity index (χ0n) is 15.8. The van der Waals surface area contributed by atoms with Crippen LogP contribution in [0.3, 0.4) is 0 Å². The summed E-state index contributed by atoms with van der Waals surface area (Å²) >= 11 is 0. The van der Waals surface area contributed by atoms with Crippen LogP contribution in [0.15, 0.2) is 12.1 Å². The molecule has 0 saturated heterocycles. The smallest absolute Gasteiger partial charge is 0.180 e. The van der Waals surface area contributed by atoms with Crippen molar-refractivity contribution in [1.29, 1.82) is 0 Å². The van der Waals surface area contributed by atoms with Crippen molar-refractivity contribution in [2.24, 2.45) is 23.7 Å². The molecule has 0 amide bonds. The molecule has 1 aromatic carbocycles. The van der Waals surface area contributed by atoms with Crippen molar-refractivity contribution in [3.8, 4) is 0 Å². The largest absolute Gasteiger partial charge is 1.00 e. The molecular formula is C22H33Rb. The monoisotopic (exact) mass is 382 g/mol. The average Bonchev–Trinajstić information content (AvgIpc) is 2.53. The molecule has 1 aromatic rings. The van der Waals surface area contributed by atoms with Gasteiger partial charge in [-0.15, -0.1) is 0 Å². The van der Waals surface area contributed by atoms with Crippen LogP contribution in [0.1, 0.15) is 75.0 Å². The van der Waals surface area contributed by atoms with E-state index in [0.29, 0.717) is 0 Å². The summed E-state index contributed by atoms with van der Waals surface area (Å²) in [5.41, 5.74) is 4.39. The Morgan fingerprint density at radius 1 is 0.913 bits per heavy atom. The minimum atomic E-state index is 0. The van der Waals surface area contributed by atoms with Gasteiger partial charge in [0.2, 0.25) is 0 Å². The first-order valence-corrected chi connectivity index (χ1v) is 9.60. The number of rotatable bonds is 3. The number of benzene rings is 1. The Labute approximate surface area is 193 Å². The zero-order valence-corrected chi connectivity index (χ0v) is 20.7. The average molecular weight is 383 g/mol. The van der Waals surface area contributed by atoms with E-state index in [2.05, 4.69) is 39.0 Å². The SMILES string of the molecule is Cc1[c-]ccc(CC2CCC(C3CCC(C)CC3)CC2)c1C.[Rb+]. The zero-order chi connectivity index (χ0) is 15.5. The summed E-state index contributed by atoms with van der Waals surface area (Å²) in [7, 11) is 0. The molecule has 2 aliphatic rings. The minimum Gasteiger partial charge on any atom is -0.180 e. The van der Waals surface area contributed by atoms with Gasteiger partial charge in [0.1, 0.15) is 0 Å². The second kappa shape index (κ2) is 9.65. The van der Waals surface area contributed by atoms with Gasteiger partial charge in [-0.05, 0) is 68.6 Å². The van der Waals surface area contributed by atoms with Crippen LogP contribution in [-0.4, -0.2) is 0 Å². The van der Waals surface area contributed by atoms with E-state index in [-0.39, 0.29) is 58.2 Å². The standard InChI is InChI=1S/C22H33.Rb/c1-16-7-11-20(12-8-16)21-13-9-19(10-14-21)15-22-6-4-5-17(2)18(22)3;/h4,6,16,19-21H,7-15H2,1-3H3;/q-1;+1. The normalized spacial score (nSPS) is 31.4. The first kappa shape index (κ1) is 20.3. The molecule has 1 heteroatoms. The van der Waals surface area contributed by atoms with Crippen LogP contribution in [0.5, 0.6) is 0 Å². The van der Waals surface area contributed by atoms with Gasteiger partial charge in [0.25, 0.3) is 0 Å². The fourth-order valence-corrected chi connectivity index (χ4v) is 4.89. The van der Waals surface area contributed by atoms with Crippen molar-refractivity contribution in [1.82, 2.24) is 0 Å². The molecule has 23 heavy (non-hydrogen) atoms. The van der Waals surface area contributed by atoms with Gasteiger partial charge in [-0.1, -0.05) is 33.6 Å². The summed E-state index contributed by atoms with van der Waals surface area (Å²) in [5, 5.41) is 0. The van der Waals surface area contributed by atoms with Gasteiger partial charge >= 0.3 is 58.2 Å². The fourth-order valence-electron chi connectivity index (χ4n) is 4.89. The van der Waals surface area contributed by atoms with Gasteiger partial charge in [0, 0.05) is 0 Å². The summed E-state index contributed by atoms with van der Waals surface area (Å²) < 4.78 is 0. The fraction of sp³-hybridized carbons (Fsp3) is 0.727. The first-order chi connectivity index (χ1) is 10.6. The van der Waals surface area contributed by atoms with E-state index < -0.39 is 0 Å². The topological polar surface area (TPSA) is 0 Å². The predicted molar refractivity (Wildman–Crippen MR) is 95.0 cm³/mol. The third kappa shape index (κ3) is 5.50. The molecule has 0 N–H and O–H groups in total. The molecular weight excluding hydrogens is 350 g/mol. The van der Waals surface area contributed by atoms with E-state index in [1.165, 1.54) is 68.9 Å². The van der Waals surface area contributed by atoms with Crippen LogP contribution >= 0.6 is 0 Å². The molecule has 0 radical (unpaired) electrons. The number of hydrogen-bond donors (Lipinski definition) is 0. The van der Waals surface area contributed by atoms with Crippen LogP contribution in [0.25, 0.3) is 0 Å². The van der Waals surface area contributed by atoms with Crippen LogP contribution in [0.2, 0.25) is 0 Å². The Bertz CT molecular complexity index is 477. The van der Waals surface area contributed by atoms with Crippen molar-refractivity contribution in [2.45, 2.75) is 78.6 Å². The van der Waals surface area contributed by atoms with Gasteiger partial charge in [-0.25, -0.2) is 0 Å². The van der Waals surface area contributed by atoms with E-state index in [9.17, 15) is 0 Å². The minimum absolute atomic E-state index is 0. The first-order valence-electron chi connectivity index (χ1n) is 9.60. The summed E-state index contributed by atoms with van der Waals surface area (Å²) in [4.78, 5) is 0. The molecule has 0 spiro atoms. The second-order valence-corrected chi connectivity index (χ2v) is 8.26. The summed E-state index contributed by atoms with van der Waals surface area (Å²) in [6, 6.07) is 7.75. The number of hydrogen-bond acceptors (Lipinski definition) is 0. The van der Waals surface area contributed by atoms with Gasteiger partial charge < -0.3 is 0 Å². The summed E-state index contributed by atoms with van der Waals surface area (Å²) in [6.07, 6.45) is 13.2. The molecule has 2 fully saturated rings. The van der Waals surface area contributed by atoms with Crippen molar-refractivity contribution in [3.63, 3.8) is 0 Å². The van der Waals surface area contributed by atoms with Crippen molar-refractivity contribution in [3.05, 3.63) is 34.9 Å². The number of aryl methyl sites for hydroxylation is 1. The summed E-state index contributed by atoms with van der Waals surface area (Å²) in [6.45, 7) is 6.91. The third-order valence-electron chi connectivity index (χ3n) is 6.76. The molecule has 0 aliphatic heterocycles. The van der Waals surface area contributed by atoms with Gasteiger partial charge in [0.05, 0.1) is 0 Å². The maximum atomic E-state index is 3.33. The Kier molecular flexibility index (Phi) is 8.53. The molecule has 0 nitrogen and oxygen atoms in total. The Balaban J connectivity index is 0.00000192. The molecule has 122 valence electrons. The van der Waals surface area contributed by atoms with Crippen LogP contribution < -0.4 is 58.2 Å². The maximum absolute atomic E-state index is 3.33. The molecule has 2 aliphatic carbocycles. The molecule has 3 rings (SSSR count). The molecule has 0 heterocycles. The molecule has 0 atom stereocenters. The molecule has 0 bridgehead atoms. The Morgan fingerprint density at radius 3 is 2.09 bits per heavy atom. The van der Waals surface area contributed by atoms with Crippen molar-refractivity contribution in [2.75, 3.05) is 0 Å². The van der Waals surface area contributed by atoms with Gasteiger partial charge in [-0.3, -0.25) is 0 Å². The molecule has 0 aromatic heterocycles.